The second kappa shape index (κ2) is 2.60. The third-order valence-corrected chi connectivity index (χ3v) is 2.31. The Morgan fingerprint density at radius 2 is 2.36 bits per heavy atom. The molecule has 0 saturated heterocycles. The highest BCUT2D eigenvalue weighted by Gasteiger charge is 2.28. The zero-order chi connectivity index (χ0) is 9.54. The van der Waals surface area contributed by atoms with E-state index in [0.717, 1.165) is 25.0 Å². The Hall–Kier alpha value is -1.78. The molecule has 0 spiro atoms. The van der Waals surface area contributed by atoms with E-state index in [4.69, 9.17) is 0 Å². The topological polar surface area (TPSA) is 60.2 Å². The van der Waals surface area contributed by atoms with Crippen LogP contribution >= 0.6 is 0 Å². The van der Waals surface area contributed by atoms with E-state index in [-0.39, 0.29) is 0 Å². The van der Waals surface area contributed by atoms with Crippen LogP contribution in [-0.2, 0) is 0 Å². The molecule has 14 heavy (non-hydrogen) atoms. The lowest BCUT2D eigenvalue weighted by Gasteiger charge is -1.89. The second-order valence-electron chi connectivity index (χ2n) is 3.49. The van der Waals surface area contributed by atoms with Crippen LogP contribution in [0.2, 0.25) is 0 Å². The molecule has 5 heteroatoms. The zero-order valence-electron chi connectivity index (χ0n) is 7.42. The molecule has 0 atom stereocenters. The minimum atomic E-state index is 0.511. The number of carbonyl (C=O) groups is 1. The fraction of sp³-hybridized carbons (Fsp3) is 0.333. The monoisotopic (exact) mass is 188 g/mol. The van der Waals surface area contributed by atoms with E-state index in [1.165, 1.54) is 6.20 Å². The van der Waals surface area contributed by atoms with Gasteiger partial charge in [0.25, 0.3) is 5.78 Å². The Kier molecular flexibility index (Phi) is 1.41. The van der Waals surface area contributed by atoms with Crippen molar-refractivity contribution in [3.8, 4) is 0 Å². The number of nitrogens with zero attached hydrogens (tertiary/aromatic N) is 4. The van der Waals surface area contributed by atoms with Gasteiger partial charge in [0.15, 0.2) is 12.1 Å². The maximum atomic E-state index is 10.5. The molecule has 2 heterocycles. The lowest BCUT2D eigenvalue weighted by atomic mass is 10.4. The first kappa shape index (κ1) is 7.61. The van der Waals surface area contributed by atoms with Crippen molar-refractivity contribution in [2.75, 3.05) is 0 Å². The van der Waals surface area contributed by atoms with Gasteiger partial charge in [-0.15, -0.1) is 5.10 Å². The van der Waals surface area contributed by atoms with E-state index in [1.54, 1.807) is 10.7 Å². The van der Waals surface area contributed by atoms with Crippen LogP contribution in [0.15, 0.2) is 12.4 Å². The van der Waals surface area contributed by atoms with Gasteiger partial charge in [-0.25, -0.2) is 9.50 Å². The largest absolute Gasteiger partial charge is 0.298 e. The summed E-state index contributed by atoms with van der Waals surface area (Å²) < 4.78 is 1.57. The Bertz CT molecular complexity index is 500. The number of carbonyl (C=O) groups excluding carboxylic acids is 1. The molecule has 70 valence electrons. The van der Waals surface area contributed by atoms with Crippen LogP contribution in [0.25, 0.3) is 5.78 Å². The predicted octanol–water partition coefficient (Wildman–Crippen LogP) is 0.814. The first-order valence-corrected chi connectivity index (χ1v) is 4.54. The molecule has 0 aromatic carbocycles. The Morgan fingerprint density at radius 1 is 1.50 bits per heavy atom. The smallest absolute Gasteiger partial charge is 0.252 e. The van der Waals surface area contributed by atoms with E-state index in [2.05, 4.69) is 15.1 Å². The normalized spacial score (nSPS) is 16.0. The molecule has 0 amide bonds. The molecule has 0 bridgehead atoms. The molecule has 0 N–H and O–H groups in total. The van der Waals surface area contributed by atoms with Gasteiger partial charge in [-0.1, -0.05) is 0 Å². The summed E-state index contributed by atoms with van der Waals surface area (Å²) in [7, 11) is 0. The van der Waals surface area contributed by atoms with Gasteiger partial charge < -0.3 is 0 Å². The number of hydrogen-bond acceptors (Lipinski definition) is 4. The van der Waals surface area contributed by atoms with Crippen molar-refractivity contribution in [1.82, 2.24) is 19.6 Å². The highest BCUT2D eigenvalue weighted by Crippen LogP contribution is 2.37. The van der Waals surface area contributed by atoms with Crippen LogP contribution in [0, 0.1) is 0 Å². The van der Waals surface area contributed by atoms with E-state index in [0.29, 0.717) is 17.3 Å². The fourth-order valence-corrected chi connectivity index (χ4v) is 1.39. The molecular formula is C9H8N4O. The van der Waals surface area contributed by atoms with Crippen LogP contribution in [-0.4, -0.2) is 25.9 Å². The SMILES string of the molecule is O=Cc1cnc2nc(C3CC3)nn2c1. The third kappa shape index (κ3) is 1.09. The van der Waals surface area contributed by atoms with Gasteiger partial charge in [-0.2, -0.15) is 4.98 Å². The van der Waals surface area contributed by atoms with Crippen molar-refractivity contribution in [2.45, 2.75) is 18.8 Å². The number of aromatic nitrogens is 4. The highest BCUT2D eigenvalue weighted by atomic mass is 16.1. The van der Waals surface area contributed by atoms with Crippen molar-refractivity contribution < 1.29 is 4.79 Å². The summed E-state index contributed by atoms with van der Waals surface area (Å²) in [6, 6.07) is 0. The molecule has 3 rings (SSSR count). The highest BCUT2D eigenvalue weighted by molar-refractivity contribution is 5.73. The second-order valence-corrected chi connectivity index (χ2v) is 3.49. The molecule has 0 aliphatic heterocycles. The summed E-state index contributed by atoms with van der Waals surface area (Å²) in [5.41, 5.74) is 0.518. The Labute approximate surface area is 79.8 Å². The molecule has 0 radical (unpaired) electrons. The molecule has 1 aliphatic carbocycles. The van der Waals surface area contributed by atoms with E-state index in [9.17, 15) is 4.79 Å². The van der Waals surface area contributed by atoms with Crippen molar-refractivity contribution in [2.24, 2.45) is 0 Å². The molecular weight excluding hydrogens is 180 g/mol. The van der Waals surface area contributed by atoms with Crippen LogP contribution in [0.4, 0.5) is 0 Å². The summed E-state index contributed by atoms with van der Waals surface area (Å²) in [4.78, 5) is 18.8. The Balaban J connectivity index is 2.17. The van der Waals surface area contributed by atoms with Crippen LogP contribution in [0.3, 0.4) is 0 Å². The predicted molar refractivity (Wildman–Crippen MR) is 48.1 cm³/mol. The summed E-state index contributed by atoms with van der Waals surface area (Å²) >= 11 is 0. The minimum absolute atomic E-state index is 0.511. The average Bonchev–Trinajstić information content (AvgIpc) is 2.97. The van der Waals surface area contributed by atoms with Gasteiger partial charge in [0, 0.05) is 18.3 Å². The van der Waals surface area contributed by atoms with Gasteiger partial charge in [0.05, 0.1) is 5.56 Å². The lowest BCUT2D eigenvalue weighted by Crippen LogP contribution is -1.93. The quantitative estimate of drug-likeness (QED) is 0.654. The van der Waals surface area contributed by atoms with Crippen LogP contribution < -0.4 is 0 Å². The van der Waals surface area contributed by atoms with Gasteiger partial charge in [-0.05, 0) is 12.8 Å². The Morgan fingerprint density at radius 3 is 3.07 bits per heavy atom. The minimum Gasteiger partial charge on any atom is -0.298 e. The van der Waals surface area contributed by atoms with E-state index in [1.807, 2.05) is 0 Å². The summed E-state index contributed by atoms with van der Waals surface area (Å²) in [6.07, 6.45) is 6.24. The standard InChI is InChI=1S/C9H8N4O/c14-5-6-3-10-9-11-8(7-1-2-7)12-13(9)4-6/h3-5,7H,1-2H2. The van der Waals surface area contributed by atoms with Crippen LogP contribution in [0.5, 0.6) is 0 Å². The summed E-state index contributed by atoms with van der Waals surface area (Å²) in [5, 5.41) is 4.27. The summed E-state index contributed by atoms with van der Waals surface area (Å²) in [6.45, 7) is 0. The molecule has 5 nitrogen and oxygen atoms in total. The van der Waals surface area contributed by atoms with Crippen molar-refractivity contribution in [1.29, 1.82) is 0 Å². The van der Waals surface area contributed by atoms with Gasteiger partial charge in [0.2, 0.25) is 0 Å². The number of aldehydes is 1. The van der Waals surface area contributed by atoms with Crippen molar-refractivity contribution in [3.05, 3.63) is 23.8 Å². The lowest BCUT2D eigenvalue weighted by molar-refractivity contribution is 0.112. The molecule has 1 aliphatic rings. The van der Waals surface area contributed by atoms with Crippen molar-refractivity contribution in [3.63, 3.8) is 0 Å². The third-order valence-electron chi connectivity index (χ3n) is 2.31. The first-order chi connectivity index (χ1) is 6.86. The molecule has 1 fully saturated rings. The molecule has 2 aromatic rings. The van der Waals surface area contributed by atoms with Gasteiger partial charge in [-0.3, -0.25) is 4.79 Å². The zero-order valence-corrected chi connectivity index (χ0v) is 7.42. The fourth-order valence-electron chi connectivity index (χ4n) is 1.39. The first-order valence-electron chi connectivity index (χ1n) is 4.54. The maximum Gasteiger partial charge on any atom is 0.252 e. The molecule has 0 unspecified atom stereocenters. The summed E-state index contributed by atoms with van der Waals surface area (Å²) in [5.74, 6) is 1.93. The van der Waals surface area contributed by atoms with Gasteiger partial charge in [0.1, 0.15) is 0 Å². The average molecular weight is 188 g/mol. The van der Waals surface area contributed by atoms with E-state index >= 15 is 0 Å². The maximum absolute atomic E-state index is 10.5. The van der Waals surface area contributed by atoms with Gasteiger partial charge >= 0.3 is 0 Å². The number of fused-ring (bicyclic) bond motifs is 1. The number of rotatable bonds is 2. The van der Waals surface area contributed by atoms with E-state index < -0.39 is 0 Å². The molecule has 1 saturated carbocycles. The van der Waals surface area contributed by atoms with Crippen LogP contribution in [0.1, 0.15) is 34.9 Å². The number of hydrogen-bond donors (Lipinski definition) is 0. The van der Waals surface area contributed by atoms with Crippen molar-refractivity contribution >= 4 is 12.1 Å². The molecule has 2 aromatic heterocycles.